The van der Waals surface area contributed by atoms with Gasteiger partial charge in [-0.1, -0.05) is 18.2 Å². The molecule has 38 heavy (non-hydrogen) atoms. The molecular weight excluding hydrogens is 478 g/mol. The fourth-order valence-electron chi connectivity index (χ4n) is 5.60. The highest BCUT2D eigenvalue weighted by molar-refractivity contribution is 5.98. The van der Waals surface area contributed by atoms with Crippen LogP contribution in [0.4, 0.5) is 5.82 Å². The molecule has 2 fully saturated rings. The minimum atomic E-state index is 0.141. The number of benzene rings is 2. The summed E-state index contributed by atoms with van der Waals surface area (Å²) in [7, 11) is 2.12. The van der Waals surface area contributed by atoms with Crippen LogP contribution in [0.25, 0.3) is 22.3 Å². The van der Waals surface area contributed by atoms with Crippen molar-refractivity contribution in [1.82, 2.24) is 29.5 Å². The van der Waals surface area contributed by atoms with Gasteiger partial charge in [-0.15, -0.1) is 0 Å². The molecule has 2 aliphatic heterocycles. The van der Waals surface area contributed by atoms with Gasteiger partial charge in [-0.3, -0.25) is 4.79 Å². The number of amides is 1. The van der Waals surface area contributed by atoms with Gasteiger partial charge in [0.15, 0.2) is 5.65 Å². The molecule has 4 heterocycles. The largest absolute Gasteiger partial charge is 0.457 e. The van der Waals surface area contributed by atoms with E-state index in [1.807, 2.05) is 64.2 Å². The molecule has 2 aromatic carbocycles. The summed E-state index contributed by atoms with van der Waals surface area (Å²) in [5.41, 5.74) is 8.75. The van der Waals surface area contributed by atoms with Crippen molar-refractivity contribution >= 4 is 22.8 Å². The van der Waals surface area contributed by atoms with E-state index < -0.39 is 0 Å². The number of hydrogen-bond donors (Lipinski definition) is 1. The fourth-order valence-corrected chi connectivity index (χ4v) is 5.60. The smallest absolute Gasteiger partial charge is 0.225 e. The third kappa shape index (κ3) is 4.81. The van der Waals surface area contributed by atoms with Crippen LogP contribution < -0.4 is 10.5 Å². The van der Waals surface area contributed by atoms with E-state index in [-0.39, 0.29) is 12.0 Å². The predicted octanol–water partition coefficient (Wildman–Crippen LogP) is 4.37. The minimum absolute atomic E-state index is 0.141. The van der Waals surface area contributed by atoms with Crippen LogP contribution in [0.5, 0.6) is 11.5 Å². The number of nitrogens with zero attached hydrogens (tertiary/aromatic N) is 6. The zero-order chi connectivity index (χ0) is 26.1. The van der Waals surface area contributed by atoms with Crippen LogP contribution in [0.3, 0.4) is 0 Å². The summed E-state index contributed by atoms with van der Waals surface area (Å²) in [5, 5.41) is 5.77. The fraction of sp³-hybridized carbons (Fsp3) is 0.379. The number of rotatable bonds is 5. The Hall–Kier alpha value is -3.98. The van der Waals surface area contributed by atoms with Crippen molar-refractivity contribution in [3.63, 3.8) is 0 Å². The number of carbonyl (C=O) groups is 1. The molecule has 1 amide bonds. The van der Waals surface area contributed by atoms with E-state index in [9.17, 15) is 4.79 Å². The molecule has 196 valence electrons. The first-order valence-corrected chi connectivity index (χ1v) is 13.4. The Morgan fingerprint density at radius 2 is 1.58 bits per heavy atom. The van der Waals surface area contributed by atoms with Crippen molar-refractivity contribution < 1.29 is 9.53 Å². The second-order valence-electron chi connectivity index (χ2n) is 10.3. The highest BCUT2D eigenvalue weighted by Crippen LogP contribution is 2.35. The molecule has 2 N–H and O–H groups in total. The van der Waals surface area contributed by atoms with Gasteiger partial charge in [0.2, 0.25) is 5.91 Å². The van der Waals surface area contributed by atoms with Crippen molar-refractivity contribution in [2.75, 3.05) is 39.0 Å². The van der Waals surface area contributed by atoms with E-state index in [1.165, 1.54) is 6.33 Å². The maximum absolute atomic E-state index is 13.1. The molecule has 2 saturated heterocycles. The summed E-state index contributed by atoms with van der Waals surface area (Å²) in [6.07, 6.45) is 5.07. The third-order valence-corrected chi connectivity index (χ3v) is 7.81. The molecule has 2 aromatic heterocycles. The van der Waals surface area contributed by atoms with Crippen LogP contribution in [-0.4, -0.2) is 68.7 Å². The Morgan fingerprint density at radius 3 is 2.29 bits per heavy atom. The summed E-state index contributed by atoms with van der Waals surface area (Å²) < 4.78 is 7.94. The lowest BCUT2D eigenvalue weighted by atomic mass is 9.94. The molecule has 0 atom stereocenters. The van der Waals surface area contributed by atoms with Crippen LogP contribution in [0, 0.1) is 5.92 Å². The molecule has 6 rings (SSSR count). The van der Waals surface area contributed by atoms with E-state index in [4.69, 9.17) is 15.6 Å². The van der Waals surface area contributed by atoms with Crippen LogP contribution in [-0.2, 0) is 4.79 Å². The first kappa shape index (κ1) is 24.4. The van der Waals surface area contributed by atoms with Crippen LogP contribution >= 0.6 is 0 Å². The van der Waals surface area contributed by atoms with Crippen LogP contribution in [0.15, 0.2) is 60.9 Å². The lowest BCUT2D eigenvalue weighted by Gasteiger charge is -2.36. The Labute approximate surface area is 222 Å². The van der Waals surface area contributed by atoms with Crippen molar-refractivity contribution in [2.45, 2.75) is 31.7 Å². The SMILES string of the molecule is CN1CCC(C(=O)N2CCC(n3nc(-c4ccc(Oc5ccccc5)cc4)c4c(N)ncnc43)CC2)CC1. The standard InChI is InChI=1S/C29H33N7O2/c1-34-15-11-21(12-16-34)29(37)35-17-13-22(14-18-35)36-28-25(27(30)31-19-32-28)26(33-36)20-7-9-24(10-8-20)38-23-5-3-2-4-6-23/h2-10,19,21-22H,11-18H2,1H3,(H2,30,31,32). The van der Waals surface area contributed by atoms with Crippen molar-refractivity contribution in [2.24, 2.45) is 5.92 Å². The summed E-state index contributed by atoms with van der Waals surface area (Å²) in [6, 6.07) is 17.7. The van der Waals surface area contributed by atoms with E-state index in [0.717, 1.165) is 85.7 Å². The Balaban J connectivity index is 1.21. The maximum Gasteiger partial charge on any atom is 0.225 e. The van der Waals surface area contributed by atoms with E-state index in [0.29, 0.717) is 11.7 Å². The summed E-state index contributed by atoms with van der Waals surface area (Å²) in [5.74, 6) is 2.41. The molecule has 9 nitrogen and oxygen atoms in total. The first-order chi connectivity index (χ1) is 18.6. The molecule has 0 bridgehead atoms. The summed E-state index contributed by atoms with van der Waals surface area (Å²) >= 11 is 0. The number of piperidine rings is 2. The zero-order valence-electron chi connectivity index (χ0n) is 21.7. The van der Waals surface area contributed by atoms with Gasteiger partial charge in [-0.05, 0) is 82.2 Å². The van der Waals surface area contributed by atoms with Gasteiger partial charge >= 0.3 is 0 Å². The molecule has 0 radical (unpaired) electrons. The van der Waals surface area contributed by atoms with E-state index in [2.05, 4.69) is 21.9 Å². The number of aromatic nitrogens is 4. The van der Waals surface area contributed by atoms with Gasteiger partial charge in [0.05, 0.1) is 11.4 Å². The molecule has 2 aliphatic rings. The molecule has 9 heteroatoms. The zero-order valence-corrected chi connectivity index (χ0v) is 21.7. The number of likely N-dealkylation sites (tertiary alicyclic amines) is 2. The summed E-state index contributed by atoms with van der Waals surface area (Å²) in [6.45, 7) is 3.46. The molecule has 0 saturated carbocycles. The van der Waals surface area contributed by atoms with E-state index >= 15 is 0 Å². The molecule has 0 aliphatic carbocycles. The van der Waals surface area contributed by atoms with Gasteiger partial charge in [0.1, 0.15) is 29.3 Å². The normalized spacial score (nSPS) is 17.7. The maximum atomic E-state index is 13.1. The lowest BCUT2D eigenvalue weighted by Crippen LogP contribution is -2.45. The van der Waals surface area contributed by atoms with Crippen molar-refractivity contribution in [3.05, 3.63) is 60.9 Å². The van der Waals surface area contributed by atoms with Gasteiger partial charge in [-0.2, -0.15) is 5.10 Å². The highest BCUT2D eigenvalue weighted by Gasteiger charge is 2.32. The second-order valence-corrected chi connectivity index (χ2v) is 10.3. The highest BCUT2D eigenvalue weighted by atomic mass is 16.5. The van der Waals surface area contributed by atoms with Crippen LogP contribution in [0.2, 0.25) is 0 Å². The number of carbonyl (C=O) groups excluding carboxylic acids is 1. The summed E-state index contributed by atoms with van der Waals surface area (Å²) in [4.78, 5) is 26.3. The molecular formula is C29H33N7O2. The number of para-hydroxylation sites is 1. The predicted molar refractivity (Wildman–Crippen MR) is 147 cm³/mol. The Kier molecular flexibility index (Phi) is 6.68. The number of hydrogen-bond acceptors (Lipinski definition) is 7. The van der Waals surface area contributed by atoms with Crippen LogP contribution in [0.1, 0.15) is 31.7 Å². The van der Waals surface area contributed by atoms with Gasteiger partial charge in [0.25, 0.3) is 0 Å². The number of ether oxygens (including phenoxy) is 1. The number of anilines is 1. The minimum Gasteiger partial charge on any atom is -0.457 e. The Morgan fingerprint density at radius 1 is 0.895 bits per heavy atom. The van der Waals surface area contributed by atoms with Crippen molar-refractivity contribution in [3.8, 4) is 22.8 Å². The average Bonchev–Trinajstić information content (AvgIpc) is 3.35. The van der Waals surface area contributed by atoms with Gasteiger partial charge < -0.3 is 20.3 Å². The molecule has 0 unspecified atom stereocenters. The topological polar surface area (TPSA) is 102 Å². The lowest BCUT2D eigenvalue weighted by molar-refractivity contribution is -0.138. The Bertz CT molecular complexity index is 1400. The monoisotopic (exact) mass is 511 g/mol. The number of fused-ring (bicyclic) bond motifs is 1. The second kappa shape index (κ2) is 10.4. The average molecular weight is 512 g/mol. The van der Waals surface area contributed by atoms with Crippen molar-refractivity contribution in [1.29, 1.82) is 0 Å². The van der Waals surface area contributed by atoms with E-state index in [1.54, 1.807) is 0 Å². The first-order valence-electron chi connectivity index (χ1n) is 13.4. The third-order valence-electron chi connectivity index (χ3n) is 7.81. The number of nitrogen functional groups attached to an aromatic ring is 1. The molecule has 0 spiro atoms. The molecule has 4 aromatic rings. The number of nitrogens with two attached hydrogens (primary N) is 1. The quantitative estimate of drug-likeness (QED) is 0.424. The van der Waals surface area contributed by atoms with Gasteiger partial charge in [0, 0.05) is 24.6 Å². The van der Waals surface area contributed by atoms with Gasteiger partial charge in [-0.25, -0.2) is 14.6 Å².